The Bertz CT molecular complexity index is 1270. The van der Waals surface area contributed by atoms with E-state index in [1.165, 1.54) is 7.11 Å². The van der Waals surface area contributed by atoms with Gasteiger partial charge in [-0.3, -0.25) is 0 Å². The van der Waals surface area contributed by atoms with Crippen molar-refractivity contribution in [3.63, 3.8) is 0 Å². The molecule has 3 aromatic rings. The first-order chi connectivity index (χ1) is 15.3. The van der Waals surface area contributed by atoms with Crippen molar-refractivity contribution < 1.29 is 23.0 Å². The van der Waals surface area contributed by atoms with Gasteiger partial charge in [0.1, 0.15) is 5.75 Å². The first-order valence-corrected chi connectivity index (χ1v) is 11.5. The summed E-state index contributed by atoms with van der Waals surface area (Å²) in [6.45, 7) is 1.90. The van der Waals surface area contributed by atoms with Crippen LogP contribution in [0.4, 0.5) is 0 Å². The standard InChI is InChI=1S/C24H24N2O5S/c1-16-8-11-18(12-9-16)32(28,29)26-21(17-10-13-23(30-2)24(14-17)31-3)15-20(25-26)19-6-4-5-7-22(19)27/h4-14,21,27H,15H2,1-3H3. The van der Waals surface area contributed by atoms with E-state index in [4.69, 9.17) is 9.47 Å². The lowest BCUT2D eigenvalue weighted by Gasteiger charge is -2.24. The molecule has 166 valence electrons. The van der Waals surface area contributed by atoms with Crippen LogP contribution in [0.5, 0.6) is 17.2 Å². The van der Waals surface area contributed by atoms with Crippen molar-refractivity contribution in [2.75, 3.05) is 14.2 Å². The molecular formula is C24H24N2O5S. The molecule has 1 heterocycles. The van der Waals surface area contributed by atoms with Gasteiger partial charge in [-0.25, -0.2) is 0 Å². The highest BCUT2D eigenvalue weighted by Crippen LogP contribution is 2.41. The Labute approximate surface area is 187 Å². The number of para-hydroxylation sites is 1. The highest BCUT2D eigenvalue weighted by Gasteiger charge is 2.38. The van der Waals surface area contributed by atoms with Gasteiger partial charge in [0.15, 0.2) is 11.5 Å². The van der Waals surface area contributed by atoms with Gasteiger partial charge in [-0.05, 0) is 48.9 Å². The maximum Gasteiger partial charge on any atom is 0.279 e. The number of hydrazone groups is 1. The summed E-state index contributed by atoms with van der Waals surface area (Å²) < 4.78 is 39.0. The molecule has 0 bridgehead atoms. The molecule has 3 aromatic carbocycles. The van der Waals surface area contributed by atoms with Crippen LogP contribution in [0.1, 0.15) is 29.2 Å². The average molecular weight is 453 g/mol. The number of aryl methyl sites for hydroxylation is 1. The van der Waals surface area contributed by atoms with Gasteiger partial charge in [-0.1, -0.05) is 35.9 Å². The average Bonchev–Trinajstić information content (AvgIpc) is 3.25. The van der Waals surface area contributed by atoms with Gasteiger partial charge < -0.3 is 14.6 Å². The van der Waals surface area contributed by atoms with Gasteiger partial charge in [0.25, 0.3) is 10.0 Å². The van der Waals surface area contributed by atoms with E-state index in [1.807, 2.05) is 6.92 Å². The lowest BCUT2D eigenvalue weighted by atomic mass is 9.98. The molecule has 1 aliphatic rings. The molecule has 0 spiro atoms. The maximum atomic E-state index is 13.6. The molecule has 0 aliphatic carbocycles. The van der Waals surface area contributed by atoms with Crippen molar-refractivity contribution in [3.05, 3.63) is 83.4 Å². The minimum atomic E-state index is -3.95. The fourth-order valence-electron chi connectivity index (χ4n) is 3.72. The summed E-state index contributed by atoms with van der Waals surface area (Å²) in [5, 5.41) is 14.8. The van der Waals surface area contributed by atoms with E-state index in [0.717, 1.165) is 9.98 Å². The van der Waals surface area contributed by atoms with Gasteiger partial charge in [0.05, 0.1) is 30.9 Å². The number of nitrogens with zero attached hydrogens (tertiary/aromatic N) is 2. The summed E-state index contributed by atoms with van der Waals surface area (Å²) in [4.78, 5) is 0.149. The molecule has 32 heavy (non-hydrogen) atoms. The van der Waals surface area contributed by atoms with Crippen LogP contribution in [0, 0.1) is 6.92 Å². The second-order valence-corrected chi connectivity index (χ2v) is 9.28. The largest absolute Gasteiger partial charge is 0.507 e. The van der Waals surface area contributed by atoms with Crippen molar-refractivity contribution in [1.82, 2.24) is 4.41 Å². The van der Waals surface area contributed by atoms with Crippen LogP contribution in [-0.2, 0) is 10.0 Å². The van der Waals surface area contributed by atoms with Crippen LogP contribution < -0.4 is 9.47 Å². The number of phenolic OH excluding ortho intramolecular Hbond substituents is 1. The second kappa shape index (κ2) is 8.55. The van der Waals surface area contributed by atoms with Gasteiger partial charge in [0.2, 0.25) is 0 Å². The van der Waals surface area contributed by atoms with Crippen molar-refractivity contribution in [1.29, 1.82) is 0 Å². The van der Waals surface area contributed by atoms with Gasteiger partial charge in [-0.15, -0.1) is 0 Å². The molecule has 1 unspecified atom stereocenters. The molecule has 0 radical (unpaired) electrons. The summed E-state index contributed by atoms with van der Waals surface area (Å²) >= 11 is 0. The van der Waals surface area contributed by atoms with E-state index < -0.39 is 16.1 Å². The lowest BCUT2D eigenvalue weighted by Crippen LogP contribution is -2.27. The molecule has 1 aliphatic heterocycles. The summed E-state index contributed by atoms with van der Waals surface area (Å²) in [5.74, 6) is 1.09. The van der Waals surface area contributed by atoms with E-state index in [-0.39, 0.29) is 17.1 Å². The fourth-order valence-corrected chi connectivity index (χ4v) is 5.15. The molecule has 8 heteroatoms. The Balaban J connectivity index is 1.83. The van der Waals surface area contributed by atoms with Gasteiger partial charge >= 0.3 is 0 Å². The van der Waals surface area contributed by atoms with E-state index in [1.54, 1.807) is 73.8 Å². The van der Waals surface area contributed by atoms with Crippen LogP contribution in [0.3, 0.4) is 0 Å². The molecular weight excluding hydrogens is 428 g/mol. The zero-order valence-corrected chi connectivity index (χ0v) is 18.8. The SMILES string of the molecule is COc1ccc(C2CC(c3ccccc3O)=NN2S(=O)(=O)c2ccc(C)cc2)cc1OC. The minimum Gasteiger partial charge on any atom is -0.507 e. The molecule has 0 saturated carbocycles. The van der Waals surface area contributed by atoms with Gasteiger partial charge in [-0.2, -0.15) is 17.9 Å². The number of ether oxygens (including phenoxy) is 2. The topological polar surface area (TPSA) is 88.4 Å². The van der Waals surface area contributed by atoms with Crippen molar-refractivity contribution in [2.45, 2.75) is 24.3 Å². The number of phenols is 1. The quantitative estimate of drug-likeness (QED) is 0.604. The van der Waals surface area contributed by atoms with Crippen molar-refractivity contribution in [3.8, 4) is 17.2 Å². The van der Waals surface area contributed by atoms with E-state index in [2.05, 4.69) is 5.10 Å². The van der Waals surface area contributed by atoms with Crippen LogP contribution in [-0.4, -0.2) is 37.9 Å². The Morgan fingerprint density at radius 3 is 2.31 bits per heavy atom. The normalized spacial score (nSPS) is 16.0. The number of rotatable bonds is 6. The van der Waals surface area contributed by atoms with E-state index in [0.29, 0.717) is 28.3 Å². The predicted octanol–water partition coefficient (Wildman–Crippen LogP) is 4.26. The third kappa shape index (κ3) is 3.89. The first kappa shape index (κ1) is 21.7. The highest BCUT2D eigenvalue weighted by molar-refractivity contribution is 7.89. The van der Waals surface area contributed by atoms with Crippen molar-refractivity contribution in [2.24, 2.45) is 5.10 Å². The molecule has 1 N–H and O–H groups in total. The Morgan fingerprint density at radius 2 is 1.66 bits per heavy atom. The molecule has 7 nitrogen and oxygen atoms in total. The third-order valence-electron chi connectivity index (χ3n) is 5.45. The zero-order valence-electron chi connectivity index (χ0n) is 18.0. The second-order valence-electron chi connectivity index (χ2n) is 7.49. The van der Waals surface area contributed by atoms with Gasteiger partial charge in [0, 0.05) is 12.0 Å². The summed E-state index contributed by atoms with van der Waals surface area (Å²) in [7, 11) is -0.879. The monoisotopic (exact) mass is 452 g/mol. The first-order valence-electron chi connectivity index (χ1n) is 10.0. The fraction of sp³-hybridized carbons (Fsp3) is 0.208. The van der Waals surface area contributed by atoms with Crippen LogP contribution >= 0.6 is 0 Å². The number of sulfonamides is 1. The zero-order chi connectivity index (χ0) is 22.9. The summed E-state index contributed by atoms with van der Waals surface area (Å²) in [6.07, 6.45) is 0.290. The number of methoxy groups -OCH3 is 2. The molecule has 4 rings (SSSR count). The summed E-state index contributed by atoms with van der Waals surface area (Å²) in [5.41, 5.74) is 2.64. The number of hydrogen-bond acceptors (Lipinski definition) is 6. The Kier molecular flexibility index (Phi) is 5.80. The smallest absolute Gasteiger partial charge is 0.279 e. The molecule has 1 atom stereocenters. The highest BCUT2D eigenvalue weighted by atomic mass is 32.2. The third-order valence-corrected chi connectivity index (χ3v) is 7.14. The minimum absolute atomic E-state index is 0.0481. The molecule has 0 fully saturated rings. The summed E-state index contributed by atoms with van der Waals surface area (Å²) in [6, 6.07) is 18.1. The number of hydrogen-bond donors (Lipinski definition) is 1. The van der Waals surface area contributed by atoms with Crippen molar-refractivity contribution >= 4 is 15.7 Å². The van der Waals surface area contributed by atoms with E-state index in [9.17, 15) is 13.5 Å². The van der Waals surface area contributed by atoms with Crippen LogP contribution in [0.25, 0.3) is 0 Å². The molecule has 0 aromatic heterocycles. The van der Waals surface area contributed by atoms with Crippen LogP contribution in [0.15, 0.2) is 76.7 Å². The number of benzene rings is 3. The Morgan fingerprint density at radius 1 is 0.969 bits per heavy atom. The van der Waals surface area contributed by atoms with E-state index >= 15 is 0 Å². The maximum absolute atomic E-state index is 13.6. The molecule has 0 saturated heterocycles. The number of aromatic hydroxyl groups is 1. The predicted molar refractivity (Wildman–Crippen MR) is 122 cm³/mol. The lowest BCUT2D eigenvalue weighted by molar-refractivity contribution is 0.348. The Hall–Kier alpha value is -3.52. The molecule has 0 amide bonds. The van der Waals surface area contributed by atoms with Crippen LogP contribution in [0.2, 0.25) is 0 Å².